The van der Waals surface area contributed by atoms with Crippen LogP contribution in [0.2, 0.25) is 39.3 Å². The van der Waals surface area contributed by atoms with Crippen LogP contribution in [0.1, 0.15) is 0 Å². The molecule has 0 amide bonds. The van der Waals surface area contributed by atoms with Crippen molar-refractivity contribution in [3.05, 3.63) is 0 Å². The van der Waals surface area contributed by atoms with Gasteiger partial charge in [-0.05, 0) is 39.3 Å². The zero-order valence-corrected chi connectivity index (χ0v) is 12.6. The molecule has 0 aliphatic carbocycles. The van der Waals surface area contributed by atoms with Crippen LogP contribution >= 0.6 is 0 Å². The summed E-state index contributed by atoms with van der Waals surface area (Å²) in [5.41, 5.74) is 0. The Morgan fingerprint density at radius 3 is 1.50 bits per heavy atom. The van der Waals surface area contributed by atoms with Gasteiger partial charge in [0.05, 0.1) is 0 Å². The molecule has 0 atom stereocenters. The van der Waals surface area contributed by atoms with Gasteiger partial charge in [0, 0.05) is 0 Å². The lowest BCUT2D eigenvalue weighted by Gasteiger charge is -2.34. The van der Waals surface area contributed by atoms with E-state index in [2.05, 4.69) is 4.58 Å². The Morgan fingerprint density at radius 2 is 1.21 bits per heavy atom. The molecule has 0 aromatic carbocycles. The summed E-state index contributed by atoms with van der Waals surface area (Å²) in [5.74, 6) is 0. The minimum atomic E-state index is -2.58. The van der Waals surface area contributed by atoms with Crippen molar-refractivity contribution in [3.63, 3.8) is 0 Å². The van der Waals surface area contributed by atoms with Gasteiger partial charge in [0.1, 0.15) is 0 Å². The van der Waals surface area contributed by atoms with Crippen LogP contribution in [0.3, 0.4) is 0 Å². The first kappa shape index (κ1) is 14.5. The zero-order valence-electron chi connectivity index (χ0n) is 9.62. The maximum absolute atomic E-state index is 9.61. The molecular weight excluding hydrogens is 236 g/mol. The summed E-state index contributed by atoms with van der Waals surface area (Å²) < 4.78 is 15.4. The fraction of sp³-hybridized carbons (Fsp3) is 1.00. The van der Waals surface area contributed by atoms with Gasteiger partial charge in [-0.25, -0.2) is 0 Å². The van der Waals surface area contributed by atoms with Crippen molar-refractivity contribution in [3.8, 4) is 0 Å². The van der Waals surface area contributed by atoms with Crippen LogP contribution in [0.5, 0.6) is 0 Å². The molecule has 0 saturated heterocycles. The zero-order chi connectivity index (χ0) is 11.6. The summed E-state index contributed by atoms with van der Waals surface area (Å²) in [5, 5.41) is 8.61. The smallest absolute Gasteiger partial charge is 0.360 e. The predicted octanol–water partition coefficient (Wildman–Crippen LogP) is 1.61. The van der Waals surface area contributed by atoms with Gasteiger partial charge in [-0.3, -0.25) is 9.83 Å². The van der Waals surface area contributed by atoms with Crippen molar-refractivity contribution in [2.45, 2.75) is 39.3 Å². The molecular formula is C6H20O5Si3. The summed E-state index contributed by atoms with van der Waals surface area (Å²) in [6.45, 7) is 10.4. The predicted molar refractivity (Wildman–Crippen MR) is 60.5 cm³/mol. The second kappa shape index (κ2) is 4.53. The minimum absolute atomic E-state index is 1.68. The van der Waals surface area contributed by atoms with Crippen LogP contribution in [0.25, 0.3) is 0 Å². The van der Waals surface area contributed by atoms with Gasteiger partial charge in [0.25, 0.3) is 0 Å². The monoisotopic (exact) mass is 256 g/mol. The van der Waals surface area contributed by atoms with E-state index in [-0.39, 0.29) is 0 Å². The van der Waals surface area contributed by atoms with E-state index >= 15 is 0 Å². The Bertz CT molecular complexity index is 188. The molecule has 8 heteroatoms. The normalized spacial score (nSPS) is 14.6. The van der Waals surface area contributed by atoms with E-state index in [0.29, 0.717) is 0 Å². The van der Waals surface area contributed by atoms with Crippen molar-refractivity contribution >= 4 is 25.7 Å². The molecule has 0 radical (unpaired) electrons. The topological polar surface area (TPSA) is 68.2 Å². The van der Waals surface area contributed by atoms with Gasteiger partial charge in [-0.1, -0.05) is 0 Å². The minimum Gasteiger partial charge on any atom is -0.416 e. The van der Waals surface area contributed by atoms with Crippen molar-refractivity contribution in [1.29, 1.82) is 0 Å². The van der Waals surface area contributed by atoms with E-state index in [4.69, 9.17) is 13.5 Å². The fourth-order valence-corrected chi connectivity index (χ4v) is 11.5. The van der Waals surface area contributed by atoms with Crippen molar-refractivity contribution in [2.24, 2.45) is 0 Å². The third kappa shape index (κ3) is 6.84. The molecule has 0 aliphatic rings. The van der Waals surface area contributed by atoms with E-state index in [9.17, 15) is 4.80 Å². The van der Waals surface area contributed by atoms with Crippen LogP contribution < -0.4 is 0 Å². The molecule has 14 heavy (non-hydrogen) atoms. The summed E-state index contributed by atoms with van der Waals surface area (Å²) in [4.78, 5) is 9.61. The fourth-order valence-electron chi connectivity index (χ4n) is 1.23. The molecule has 0 fully saturated rings. The van der Waals surface area contributed by atoms with Crippen molar-refractivity contribution < 1.29 is 22.9 Å². The Labute approximate surface area is 88.3 Å². The van der Waals surface area contributed by atoms with Crippen LogP contribution in [-0.2, 0) is 12.8 Å². The quantitative estimate of drug-likeness (QED) is 0.444. The average molecular weight is 256 g/mol. The SMILES string of the molecule is C[Si](C)(O)O[Si](C)(C)O[Si](C)(C)OO. The van der Waals surface area contributed by atoms with E-state index < -0.39 is 25.7 Å². The second-order valence-electron chi connectivity index (χ2n) is 4.54. The van der Waals surface area contributed by atoms with Crippen molar-refractivity contribution in [2.75, 3.05) is 0 Å². The van der Waals surface area contributed by atoms with Crippen LogP contribution in [0, 0.1) is 0 Å². The van der Waals surface area contributed by atoms with Gasteiger partial charge in [0.15, 0.2) is 0 Å². The first-order valence-corrected chi connectivity index (χ1v) is 12.9. The third-order valence-corrected chi connectivity index (χ3v) is 9.54. The van der Waals surface area contributed by atoms with E-state index in [1.54, 1.807) is 26.2 Å². The summed E-state index contributed by atoms with van der Waals surface area (Å²) in [6.07, 6.45) is 0. The highest BCUT2D eigenvalue weighted by molar-refractivity contribution is 6.84. The summed E-state index contributed by atoms with van der Waals surface area (Å²) >= 11 is 0. The van der Waals surface area contributed by atoms with Gasteiger partial charge < -0.3 is 13.0 Å². The lowest BCUT2D eigenvalue weighted by atomic mass is 11.9. The first-order chi connectivity index (χ1) is 5.97. The van der Waals surface area contributed by atoms with Crippen LogP contribution in [0.15, 0.2) is 0 Å². The molecule has 0 unspecified atom stereocenters. The highest BCUT2D eigenvalue weighted by Gasteiger charge is 2.40. The van der Waals surface area contributed by atoms with Crippen molar-refractivity contribution in [1.82, 2.24) is 0 Å². The molecule has 0 rings (SSSR count). The molecule has 2 N–H and O–H groups in total. The number of rotatable bonds is 5. The highest BCUT2D eigenvalue weighted by Crippen LogP contribution is 2.19. The standard InChI is InChI=1S/C6H20O5Si3/c1-12(2,8)10-14(5,6)11-13(3,4)9-7/h7-8H,1-6H3. The average Bonchev–Trinajstić information content (AvgIpc) is 1.78. The van der Waals surface area contributed by atoms with Gasteiger partial charge in [0.2, 0.25) is 0 Å². The number of hydrogen-bond donors (Lipinski definition) is 2. The molecule has 0 spiro atoms. The number of hydrogen-bond acceptors (Lipinski definition) is 5. The summed E-state index contributed by atoms with van der Waals surface area (Å²) in [6, 6.07) is 0. The van der Waals surface area contributed by atoms with E-state index in [1.807, 2.05) is 13.1 Å². The first-order valence-electron chi connectivity index (χ1n) is 4.43. The molecule has 0 aromatic rings. The Hall–Kier alpha value is 0.451. The lowest BCUT2D eigenvalue weighted by Crippen LogP contribution is -2.53. The van der Waals surface area contributed by atoms with E-state index in [1.165, 1.54) is 0 Å². The molecule has 0 aromatic heterocycles. The van der Waals surface area contributed by atoms with Crippen LogP contribution in [-0.4, -0.2) is 35.7 Å². The molecule has 0 aliphatic heterocycles. The third-order valence-electron chi connectivity index (χ3n) is 1.21. The summed E-state index contributed by atoms with van der Waals surface area (Å²) in [7, 11) is -7.50. The largest absolute Gasteiger partial charge is 0.416 e. The molecule has 0 heterocycles. The van der Waals surface area contributed by atoms with Gasteiger partial charge >= 0.3 is 25.7 Å². The maximum Gasteiger partial charge on any atom is 0.360 e. The molecule has 86 valence electrons. The molecule has 0 saturated carbocycles. The second-order valence-corrected chi connectivity index (χ2v) is 14.9. The molecule has 5 nitrogen and oxygen atoms in total. The highest BCUT2D eigenvalue weighted by atomic mass is 28.5. The van der Waals surface area contributed by atoms with Crippen LogP contribution in [0.4, 0.5) is 0 Å². The Balaban J connectivity index is 4.35. The van der Waals surface area contributed by atoms with E-state index in [0.717, 1.165) is 0 Å². The lowest BCUT2D eigenvalue weighted by molar-refractivity contribution is -0.164. The Morgan fingerprint density at radius 1 is 0.786 bits per heavy atom. The van der Waals surface area contributed by atoms with Gasteiger partial charge in [-0.2, -0.15) is 0 Å². The maximum atomic E-state index is 9.61. The molecule has 0 bridgehead atoms. The Kier molecular flexibility index (Phi) is 4.68. The van der Waals surface area contributed by atoms with Gasteiger partial charge in [-0.15, -0.1) is 0 Å².